The Balaban J connectivity index is 1.51. The Bertz CT molecular complexity index is 1090. The van der Waals surface area contributed by atoms with Crippen molar-refractivity contribution in [2.45, 2.75) is 44.8 Å². The third-order valence-electron chi connectivity index (χ3n) is 5.78. The molecule has 0 spiro atoms. The molecule has 0 aromatic heterocycles. The molecule has 1 unspecified atom stereocenters. The summed E-state index contributed by atoms with van der Waals surface area (Å²) in [5.74, 6) is -1.32. The highest BCUT2D eigenvalue weighted by molar-refractivity contribution is 6.30. The SMILES string of the molecule is CC(C)(NC(=O)c1ccc2c(c1)CN(C1CCC(=O)NC1=O)C2=O)c1ccc(Cl)cc1. The molecule has 2 N–H and O–H groups in total. The standard InChI is InChI=1S/C23H22ClN3O4/c1-23(2,15-4-6-16(24)7-5-15)26-20(29)13-3-8-17-14(11-13)12-27(22(17)31)18-9-10-19(28)25-21(18)30/h3-8,11,18H,9-10,12H2,1-2H3,(H,26,29)(H,25,28,30). The molecule has 1 atom stereocenters. The van der Waals surface area contributed by atoms with Crippen LogP contribution in [0, 0.1) is 0 Å². The molecular weight excluding hydrogens is 418 g/mol. The molecular formula is C23H22ClN3O4. The van der Waals surface area contributed by atoms with Gasteiger partial charge in [-0.3, -0.25) is 24.5 Å². The zero-order valence-corrected chi connectivity index (χ0v) is 18.0. The molecule has 2 aliphatic rings. The lowest BCUT2D eigenvalue weighted by Crippen LogP contribution is -2.52. The number of hydrogen-bond acceptors (Lipinski definition) is 4. The van der Waals surface area contributed by atoms with Crippen molar-refractivity contribution in [3.8, 4) is 0 Å². The second kappa shape index (κ2) is 7.81. The molecule has 8 heteroatoms. The minimum absolute atomic E-state index is 0.198. The fourth-order valence-electron chi connectivity index (χ4n) is 4.01. The maximum absolute atomic E-state index is 12.9. The largest absolute Gasteiger partial charge is 0.343 e. The molecule has 7 nitrogen and oxygen atoms in total. The molecule has 0 aliphatic carbocycles. The molecule has 4 amide bonds. The molecule has 160 valence electrons. The number of carbonyl (C=O) groups excluding carboxylic acids is 4. The first-order chi connectivity index (χ1) is 14.7. The smallest absolute Gasteiger partial charge is 0.255 e. The number of rotatable bonds is 4. The van der Waals surface area contributed by atoms with Crippen molar-refractivity contribution in [2.75, 3.05) is 0 Å². The highest BCUT2D eigenvalue weighted by Gasteiger charge is 2.39. The third kappa shape index (κ3) is 4.05. The summed E-state index contributed by atoms with van der Waals surface area (Å²) in [6, 6.07) is 11.5. The van der Waals surface area contributed by atoms with E-state index >= 15 is 0 Å². The summed E-state index contributed by atoms with van der Waals surface area (Å²) in [6.45, 7) is 4.02. The van der Waals surface area contributed by atoms with Crippen molar-refractivity contribution in [3.63, 3.8) is 0 Å². The molecule has 2 heterocycles. The van der Waals surface area contributed by atoms with Crippen LogP contribution in [0.2, 0.25) is 5.02 Å². The normalized spacial score (nSPS) is 18.6. The van der Waals surface area contributed by atoms with Crippen LogP contribution in [0.25, 0.3) is 0 Å². The fourth-order valence-corrected chi connectivity index (χ4v) is 4.14. The quantitative estimate of drug-likeness (QED) is 0.716. The number of imide groups is 1. The number of fused-ring (bicyclic) bond motifs is 1. The van der Waals surface area contributed by atoms with Crippen LogP contribution in [0.1, 0.15) is 58.5 Å². The summed E-state index contributed by atoms with van der Waals surface area (Å²) in [6.07, 6.45) is 0.497. The van der Waals surface area contributed by atoms with Crippen molar-refractivity contribution < 1.29 is 19.2 Å². The van der Waals surface area contributed by atoms with E-state index in [2.05, 4.69) is 10.6 Å². The zero-order chi connectivity index (χ0) is 22.3. The average Bonchev–Trinajstić information content (AvgIpc) is 3.04. The van der Waals surface area contributed by atoms with Gasteiger partial charge in [-0.1, -0.05) is 23.7 Å². The zero-order valence-electron chi connectivity index (χ0n) is 17.2. The van der Waals surface area contributed by atoms with E-state index in [4.69, 9.17) is 11.6 Å². The number of piperidine rings is 1. The predicted molar refractivity (Wildman–Crippen MR) is 114 cm³/mol. The van der Waals surface area contributed by atoms with E-state index in [-0.39, 0.29) is 30.7 Å². The van der Waals surface area contributed by atoms with Gasteiger partial charge in [-0.25, -0.2) is 0 Å². The number of nitrogens with one attached hydrogen (secondary N) is 2. The number of carbonyl (C=O) groups is 4. The van der Waals surface area contributed by atoms with Crippen molar-refractivity contribution in [2.24, 2.45) is 0 Å². The van der Waals surface area contributed by atoms with E-state index in [1.54, 1.807) is 30.3 Å². The van der Waals surface area contributed by atoms with E-state index in [9.17, 15) is 19.2 Å². The minimum Gasteiger partial charge on any atom is -0.343 e. The van der Waals surface area contributed by atoms with Crippen LogP contribution in [-0.4, -0.2) is 34.6 Å². The van der Waals surface area contributed by atoms with Gasteiger partial charge < -0.3 is 10.2 Å². The van der Waals surface area contributed by atoms with Gasteiger partial charge in [-0.15, -0.1) is 0 Å². The van der Waals surface area contributed by atoms with E-state index < -0.39 is 17.5 Å². The lowest BCUT2D eigenvalue weighted by Gasteiger charge is -2.29. The minimum atomic E-state index is -0.682. The second-order valence-electron chi connectivity index (χ2n) is 8.36. The fraction of sp³-hybridized carbons (Fsp3) is 0.304. The first-order valence-electron chi connectivity index (χ1n) is 10.0. The monoisotopic (exact) mass is 439 g/mol. The van der Waals surface area contributed by atoms with Crippen molar-refractivity contribution in [1.82, 2.24) is 15.5 Å². The Morgan fingerprint density at radius 1 is 1.13 bits per heavy atom. The van der Waals surface area contributed by atoms with Gasteiger partial charge in [0.05, 0.1) is 5.54 Å². The van der Waals surface area contributed by atoms with Gasteiger partial charge in [-0.05, 0) is 61.7 Å². The Hall–Kier alpha value is -3.19. The van der Waals surface area contributed by atoms with Crippen molar-refractivity contribution in [3.05, 3.63) is 69.7 Å². The topological polar surface area (TPSA) is 95.6 Å². The first kappa shape index (κ1) is 21.1. The highest BCUT2D eigenvalue weighted by atomic mass is 35.5. The van der Waals surface area contributed by atoms with Crippen molar-refractivity contribution in [1.29, 1.82) is 0 Å². The molecule has 31 heavy (non-hydrogen) atoms. The summed E-state index contributed by atoms with van der Waals surface area (Å²) in [4.78, 5) is 50.8. The number of hydrogen-bond donors (Lipinski definition) is 2. The number of nitrogens with zero attached hydrogens (tertiary/aromatic N) is 1. The van der Waals surface area contributed by atoms with Crippen LogP contribution in [-0.2, 0) is 21.7 Å². The average molecular weight is 440 g/mol. The predicted octanol–water partition coefficient (Wildman–Crippen LogP) is 2.77. The summed E-state index contributed by atoms with van der Waals surface area (Å²) in [5.41, 5.74) is 1.86. The van der Waals surface area contributed by atoms with Gasteiger partial charge in [0.1, 0.15) is 6.04 Å². The van der Waals surface area contributed by atoms with Crippen LogP contribution >= 0.6 is 11.6 Å². The molecule has 0 saturated carbocycles. The van der Waals surface area contributed by atoms with Crippen LogP contribution in [0.4, 0.5) is 0 Å². The van der Waals surface area contributed by atoms with Gasteiger partial charge in [0.2, 0.25) is 11.8 Å². The summed E-state index contributed by atoms with van der Waals surface area (Å²) >= 11 is 5.95. The van der Waals surface area contributed by atoms with E-state index in [1.165, 1.54) is 4.90 Å². The Morgan fingerprint density at radius 2 is 1.84 bits per heavy atom. The van der Waals surface area contributed by atoms with Gasteiger partial charge in [0.25, 0.3) is 11.8 Å². The molecule has 4 rings (SSSR count). The van der Waals surface area contributed by atoms with Crippen molar-refractivity contribution >= 4 is 35.2 Å². The van der Waals surface area contributed by atoms with Crippen LogP contribution in [0.15, 0.2) is 42.5 Å². The first-order valence-corrected chi connectivity index (χ1v) is 10.4. The van der Waals surface area contributed by atoms with Crippen LogP contribution in [0.3, 0.4) is 0 Å². The number of halogens is 1. The van der Waals surface area contributed by atoms with E-state index in [0.717, 1.165) is 5.56 Å². The lowest BCUT2D eigenvalue weighted by atomic mass is 9.93. The van der Waals surface area contributed by atoms with Gasteiger partial charge >= 0.3 is 0 Å². The van der Waals surface area contributed by atoms with Gasteiger partial charge in [-0.2, -0.15) is 0 Å². The van der Waals surface area contributed by atoms with Gasteiger partial charge in [0, 0.05) is 29.1 Å². The Labute approximate surface area is 184 Å². The summed E-state index contributed by atoms with van der Waals surface area (Å²) < 4.78 is 0. The van der Waals surface area contributed by atoms with Crippen LogP contribution < -0.4 is 10.6 Å². The summed E-state index contributed by atoms with van der Waals surface area (Å²) in [7, 11) is 0. The van der Waals surface area contributed by atoms with Gasteiger partial charge in [0.15, 0.2) is 0 Å². The highest BCUT2D eigenvalue weighted by Crippen LogP contribution is 2.29. The molecule has 1 saturated heterocycles. The van der Waals surface area contributed by atoms with E-state index in [0.29, 0.717) is 28.1 Å². The molecule has 2 aliphatic heterocycles. The lowest BCUT2D eigenvalue weighted by molar-refractivity contribution is -0.136. The maximum Gasteiger partial charge on any atom is 0.255 e. The Morgan fingerprint density at radius 3 is 2.52 bits per heavy atom. The van der Waals surface area contributed by atoms with Crippen LogP contribution in [0.5, 0.6) is 0 Å². The Kier molecular flexibility index (Phi) is 5.31. The molecule has 2 aromatic carbocycles. The molecule has 0 radical (unpaired) electrons. The number of amides is 4. The molecule has 1 fully saturated rings. The summed E-state index contributed by atoms with van der Waals surface area (Å²) in [5, 5.41) is 5.92. The van der Waals surface area contributed by atoms with E-state index in [1.807, 2.05) is 26.0 Å². The maximum atomic E-state index is 12.9. The number of benzene rings is 2. The second-order valence-corrected chi connectivity index (χ2v) is 8.79. The molecule has 2 aromatic rings. The third-order valence-corrected chi connectivity index (χ3v) is 6.03. The molecule has 0 bridgehead atoms.